The molecule has 0 aliphatic rings. The number of nitrogens with one attached hydrogen (secondary N) is 1. The van der Waals surface area contributed by atoms with Crippen LogP contribution in [-0.4, -0.2) is 34.9 Å². The molecule has 20 heavy (non-hydrogen) atoms. The highest BCUT2D eigenvalue weighted by Crippen LogP contribution is 2.21. The molecule has 1 atom stereocenters. The van der Waals surface area contributed by atoms with Crippen molar-refractivity contribution in [3.05, 3.63) is 28.8 Å². The van der Waals surface area contributed by atoms with Gasteiger partial charge in [0.15, 0.2) is 0 Å². The molecule has 1 aromatic rings. The van der Waals surface area contributed by atoms with Gasteiger partial charge in [-0.3, -0.25) is 0 Å². The zero-order chi connectivity index (χ0) is 15.7. The van der Waals surface area contributed by atoms with Crippen molar-refractivity contribution >= 4 is 19.9 Å². The van der Waals surface area contributed by atoms with Crippen LogP contribution in [0.25, 0.3) is 0 Å². The monoisotopic (exact) mass is 319 g/mol. The molecular formula is C13H21NO4S2. The van der Waals surface area contributed by atoms with Crippen LogP contribution in [0, 0.1) is 20.8 Å². The lowest BCUT2D eigenvalue weighted by atomic mass is 10.1. The number of rotatable bonds is 5. The maximum Gasteiger partial charge on any atom is 0.241 e. The first-order valence-corrected chi connectivity index (χ1v) is 9.74. The molecule has 0 bridgehead atoms. The van der Waals surface area contributed by atoms with Gasteiger partial charge in [0.2, 0.25) is 10.0 Å². The van der Waals surface area contributed by atoms with Crippen LogP contribution >= 0.6 is 0 Å². The SMILES string of the molecule is Cc1cc(C)c(S(=O)(=O)N[C@@H](C)CS(C)(=O)=O)c(C)c1. The molecule has 114 valence electrons. The Kier molecular flexibility index (Phi) is 4.99. The molecule has 5 nitrogen and oxygen atoms in total. The van der Waals surface area contributed by atoms with Crippen LogP contribution in [-0.2, 0) is 19.9 Å². The van der Waals surface area contributed by atoms with Gasteiger partial charge in [0.1, 0.15) is 9.84 Å². The quantitative estimate of drug-likeness (QED) is 0.887. The molecule has 0 saturated heterocycles. The van der Waals surface area contributed by atoms with Gasteiger partial charge in [-0.05, 0) is 38.8 Å². The third kappa shape index (κ3) is 4.57. The molecule has 0 aromatic heterocycles. The van der Waals surface area contributed by atoms with Crippen molar-refractivity contribution < 1.29 is 16.8 Å². The molecule has 0 heterocycles. The van der Waals surface area contributed by atoms with Crippen LogP contribution in [0.4, 0.5) is 0 Å². The van der Waals surface area contributed by atoms with Gasteiger partial charge < -0.3 is 0 Å². The highest BCUT2D eigenvalue weighted by Gasteiger charge is 2.23. The lowest BCUT2D eigenvalue weighted by Crippen LogP contribution is -2.37. The molecular weight excluding hydrogens is 298 g/mol. The smallest absolute Gasteiger partial charge is 0.229 e. The molecule has 0 saturated carbocycles. The van der Waals surface area contributed by atoms with Crippen LogP contribution < -0.4 is 4.72 Å². The van der Waals surface area contributed by atoms with E-state index in [1.807, 2.05) is 6.92 Å². The molecule has 1 aromatic carbocycles. The Morgan fingerprint density at radius 2 is 1.50 bits per heavy atom. The molecule has 1 rings (SSSR count). The van der Waals surface area contributed by atoms with E-state index in [4.69, 9.17) is 0 Å². The van der Waals surface area contributed by atoms with Gasteiger partial charge in [-0.25, -0.2) is 21.6 Å². The molecule has 7 heteroatoms. The normalized spacial score (nSPS) is 14.2. The second kappa shape index (κ2) is 5.83. The molecule has 0 fully saturated rings. The van der Waals surface area contributed by atoms with E-state index in [2.05, 4.69) is 4.72 Å². The lowest BCUT2D eigenvalue weighted by molar-refractivity contribution is 0.563. The zero-order valence-electron chi connectivity index (χ0n) is 12.4. The Bertz CT molecular complexity index is 683. The van der Waals surface area contributed by atoms with E-state index in [1.165, 1.54) is 6.92 Å². The van der Waals surface area contributed by atoms with Crippen molar-refractivity contribution in [1.29, 1.82) is 0 Å². The van der Waals surface area contributed by atoms with Gasteiger partial charge in [0, 0.05) is 12.3 Å². The first-order chi connectivity index (χ1) is 8.92. The molecule has 1 N–H and O–H groups in total. The predicted molar refractivity (Wildman–Crippen MR) is 80.1 cm³/mol. The summed E-state index contributed by atoms with van der Waals surface area (Å²) in [6.45, 7) is 6.90. The average molecular weight is 319 g/mol. The van der Waals surface area contributed by atoms with Crippen LogP contribution in [0.5, 0.6) is 0 Å². The highest BCUT2D eigenvalue weighted by molar-refractivity contribution is 7.91. The first-order valence-electron chi connectivity index (χ1n) is 6.20. The van der Waals surface area contributed by atoms with Crippen LogP contribution in [0.15, 0.2) is 17.0 Å². The predicted octanol–water partition coefficient (Wildman–Crippen LogP) is 1.32. The largest absolute Gasteiger partial charge is 0.241 e. The Labute approximate surface area is 121 Å². The van der Waals surface area contributed by atoms with Gasteiger partial charge in [-0.15, -0.1) is 0 Å². The summed E-state index contributed by atoms with van der Waals surface area (Å²) in [7, 11) is -6.96. The highest BCUT2D eigenvalue weighted by atomic mass is 32.2. The fourth-order valence-corrected chi connectivity index (χ4v) is 5.20. The number of benzene rings is 1. The summed E-state index contributed by atoms with van der Waals surface area (Å²) in [5, 5.41) is 0. The van der Waals surface area contributed by atoms with E-state index in [9.17, 15) is 16.8 Å². The van der Waals surface area contributed by atoms with Gasteiger partial charge in [-0.1, -0.05) is 17.7 Å². The third-order valence-corrected chi connectivity index (χ3v) is 5.78. The van der Waals surface area contributed by atoms with Gasteiger partial charge in [-0.2, -0.15) is 0 Å². The molecule has 0 unspecified atom stereocenters. The summed E-state index contributed by atoms with van der Waals surface area (Å²) in [5.41, 5.74) is 2.30. The van der Waals surface area contributed by atoms with Crippen molar-refractivity contribution in [3.8, 4) is 0 Å². The van der Waals surface area contributed by atoms with E-state index >= 15 is 0 Å². The maximum absolute atomic E-state index is 12.4. The minimum Gasteiger partial charge on any atom is -0.229 e. The van der Waals surface area contributed by atoms with E-state index < -0.39 is 25.9 Å². The van der Waals surface area contributed by atoms with E-state index in [1.54, 1.807) is 26.0 Å². The van der Waals surface area contributed by atoms with Crippen molar-refractivity contribution in [2.45, 2.75) is 38.6 Å². The van der Waals surface area contributed by atoms with E-state index in [-0.39, 0.29) is 10.6 Å². The summed E-state index contributed by atoms with van der Waals surface area (Å²) in [5.74, 6) is -0.226. The number of aryl methyl sites for hydroxylation is 3. The van der Waals surface area contributed by atoms with Crippen molar-refractivity contribution in [1.82, 2.24) is 4.72 Å². The fourth-order valence-electron chi connectivity index (χ4n) is 2.40. The second-order valence-electron chi connectivity index (χ2n) is 5.34. The van der Waals surface area contributed by atoms with Crippen molar-refractivity contribution in [2.75, 3.05) is 12.0 Å². The number of sulfonamides is 1. The summed E-state index contributed by atoms with van der Waals surface area (Å²) in [6.07, 6.45) is 1.08. The fraction of sp³-hybridized carbons (Fsp3) is 0.538. The zero-order valence-corrected chi connectivity index (χ0v) is 14.0. The van der Waals surface area contributed by atoms with Gasteiger partial charge >= 0.3 is 0 Å². The number of hydrogen-bond acceptors (Lipinski definition) is 4. The standard InChI is InChI=1S/C13H21NO4S2/c1-9-6-10(2)13(11(3)7-9)20(17,18)14-12(4)8-19(5,15)16/h6-7,12,14H,8H2,1-5H3/t12-/m0/s1. The lowest BCUT2D eigenvalue weighted by Gasteiger charge is -2.16. The average Bonchev–Trinajstić information content (AvgIpc) is 2.08. The van der Waals surface area contributed by atoms with Gasteiger partial charge in [0.25, 0.3) is 0 Å². The Morgan fingerprint density at radius 3 is 1.90 bits per heavy atom. The van der Waals surface area contributed by atoms with E-state index in [0.29, 0.717) is 11.1 Å². The molecule has 0 spiro atoms. The Balaban J connectivity index is 3.13. The van der Waals surface area contributed by atoms with Crippen LogP contribution in [0.1, 0.15) is 23.6 Å². The summed E-state index contributed by atoms with van der Waals surface area (Å²) in [6, 6.07) is 2.92. The second-order valence-corrected chi connectivity index (χ2v) is 9.18. The third-order valence-electron chi connectivity index (χ3n) is 2.78. The van der Waals surface area contributed by atoms with E-state index in [0.717, 1.165) is 11.8 Å². The summed E-state index contributed by atoms with van der Waals surface area (Å²) in [4.78, 5) is 0.225. The number of sulfone groups is 1. The van der Waals surface area contributed by atoms with Gasteiger partial charge in [0.05, 0.1) is 10.6 Å². The van der Waals surface area contributed by atoms with Crippen molar-refractivity contribution in [3.63, 3.8) is 0 Å². The Morgan fingerprint density at radius 1 is 1.05 bits per heavy atom. The molecule has 0 radical (unpaired) electrons. The molecule has 0 aliphatic carbocycles. The first kappa shape index (κ1) is 17.1. The topological polar surface area (TPSA) is 80.3 Å². The minimum absolute atomic E-state index is 0.225. The number of hydrogen-bond donors (Lipinski definition) is 1. The molecule has 0 aliphatic heterocycles. The Hall–Kier alpha value is -0.920. The summed E-state index contributed by atoms with van der Waals surface area (Å²) < 4.78 is 49.6. The van der Waals surface area contributed by atoms with Crippen molar-refractivity contribution in [2.24, 2.45) is 0 Å². The van der Waals surface area contributed by atoms with Crippen LogP contribution in [0.2, 0.25) is 0 Å². The minimum atomic E-state index is -3.72. The maximum atomic E-state index is 12.4. The van der Waals surface area contributed by atoms with Crippen LogP contribution in [0.3, 0.4) is 0 Å². The summed E-state index contributed by atoms with van der Waals surface area (Å²) >= 11 is 0. The molecule has 0 amide bonds.